The third-order valence-electron chi connectivity index (χ3n) is 5.70. The predicted octanol–water partition coefficient (Wildman–Crippen LogP) is 3.24. The highest BCUT2D eigenvalue weighted by molar-refractivity contribution is 9.10. The van der Waals surface area contributed by atoms with E-state index >= 15 is 0 Å². The minimum absolute atomic E-state index is 0.0788. The number of rotatable bonds is 1. The number of aryl methyl sites for hydroxylation is 1. The second-order valence-electron chi connectivity index (χ2n) is 7.20. The molecule has 4 rings (SSSR count). The Bertz CT molecular complexity index is 902. The number of guanidine groups is 1. The van der Waals surface area contributed by atoms with E-state index in [1.165, 1.54) is 4.90 Å². The Morgan fingerprint density at radius 3 is 2.81 bits per heavy atom. The van der Waals surface area contributed by atoms with Crippen LogP contribution in [0, 0.1) is 5.92 Å². The van der Waals surface area contributed by atoms with Gasteiger partial charge < -0.3 is 10.5 Å². The molecule has 1 aliphatic heterocycles. The first-order valence-corrected chi connectivity index (χ1v) is 9.58. The third kappa shape index (κ3) is 2.28. The smallest absolute Gasteiger partial charge is 0.266 e. The number of methoxy groups -OCH3 is 1. The van der Waals surface area contributed by atoms with Gasteiger partial charge in [0, 0.05) is 17.9 Å². The van der Waals surface area contributed by atoms with E-state index in [2.05, 4.69) is 35.0 Å². The van der Waals surface area contributed by atoms with Gasteiger partial charge >= 0.3 is 0 Å². The molecule has 3 aliphatic rings. The van der Waals surface area contributed by atoms with Crippen LogP contribution in [0.25, 0.3) is 0 Å². The molecule has 1 aromatic carbocycles. The zero-order chi connectivity index (χ0) is 18.6. The lowest BCUT2D eigenvalue weighted by Crippen LogP contribution is -2.43. The van der Waals surface area contributed by atoms with Gasteiger partial charge in [0.05, 0.1) is 12.9 Å². The molecule has 136 valence electrons. The first-order chi connectivity index (χ1) is 12.4. The molecule has 0 saturated heterocycles. The van der Waals surface area contributed by atoms with Crippen LogP contribution in [0.5, 0.6) is 0 Å². The van der Waals surface area contributed by atoms with Crippen molar-refractivity contribution in [2.45, 2.75) is 31.7 Å². The van der Waals surface area contributed by atoms with Crippen molar-refractivity contribution in [1.82, 2.24) is 4.90 Å². The van der Waals surface area contributed by atoms with Crippen molar-refractivity contribution in [3.05, 3.63) is 56.8 Å². The highest BCUT2D eigenvalue weighted by atomic mass is 79.9. The van der Waals surface area contributed by atoms with E-state index in [9.17, 15) is 4.79 Å². The van der Waals surface area contributed by atoms with E-state index in [4.69, 9.17) is 15.5 Å². The number of carbonyl (C=O) groups excluding carboxylic acids is 1. The summed E-state index contributed by atoms with van der Waals surface area (Å²) >= 11 is 3.57. The molecule has 5 nitrogen and oxygen atoms in total. The van der Waals surface area contributed by atoms with Gasteiger partial charge in [0.2, 0.25) is 0 Å². The molecule has 1 amide bonds. The Labute approximate surface area is 161 Å². The fourth-order valence-electron chi connectivity index (χ4n) is 4.50. The summed E-state index contributed by atoms with van der Waals surface area (Å²) in [6.45, 7) is 2.14. The molecule has 26 heavy (non-hydrogen) atoms. The Morgan fingerprint density at radius 1 is 1.38 bits per heavy atom. The molecular formula is C20H22BrN3O2. The molecule has 1 aromatic rings. The van der Waals surface area contributed by atoms with Gasteiger partial charge in [0.25, 0.3) is 5.91 Å². The van der Waals surface area contributed by atoms with Crippen molar-refractivity contribution in [3.63, 3.8) is 0 Å². The lowest BCUT2D eigenvalue weighted by atomic mass is 9.72. The number of ether oxygens (including phenoxy) is 1. The largest absolute Gasteiger partial charge is 0.501 e. The first kappa shape index (κ1) is 17.3. The van der Waals surface area contributed by atoms with Gasteiger partial charge in [-0.2, -0.15) is 0 Å². The van der Waals surface area contributed by atoms with Crippen LogP contribution in [0.3, 0.4) is 0 Å². The lowest BCUT2D eigenvalue weighted by Gasteiger charge is -2.35. The van der Waals surface area contributed by atoms with Gasteiger partial charge in [0.1, 0.15) is 0 Å². The summed E-state index contributed by atoms with van der Waals surface area (Å²) in [6, 6.07) is 6.14. The lowest BCUT2D eigenvalue weighted by molar-refractivity contribution is -0.129. The minimum atomic E-state index is -1.07. The molecule has 0 aromatic heterocycles. The van der Waals surface area contributed by atoms with E-state index in [0.717, 1.165) is 51.8 Å². The summed E-state index contributed by atoms with van der Waals surface area (Å²) in [5, 5.41) is 0. The molecule has 2 aliphatic carbocycles. The normalized spacial score (nSPS) is 27.8. The highest BCUT2D eigenvalue weighted by Gasteiger charge is 2.55. The van der Waals surface area contributed by atoms with Crippen LogP contribution < -0.4 is 5.73 Å². The molecular weight excluding hydrogens is 394 g/mol. The molecule has 0 saturated carbocycles. The van der Waals surface area contributed by atoms with Crippen LogP contribution >= 0.6 is 15.9 Å². The quantitative estimate of drug-likeness (QED) is 0.765. The Balaban J connectivity index is 2.07. The molecule has 0 radical (unpaired) electrons. The van der Waals surface area contributed by atoms with Crippen molar-refractivity contribution in [1.29, 1.82) is 0 Å². The van der Waals surface area contributed by atoms with E-state index in [0.29, 0.717) is 0 Å². The van der Waals surface area contributed by atoms with Crippen molar-refractivity contribution in [3.8, 4) is 0 Å². The number of nitrogens with zero attached hydrogens (tertiary/aromatic N) is 2. The van der Waals surface area contributed by atoms with Crippen LogP contribution in [0.4, 0.5) is 0 Å². The molecule has 0 bridgehead atoms. The number of halogens is 1. The second kappa shape index (κ2) is 5.98. The number of hydrogen-bond donors (Lipinski definition) is 1. The van der Waals surface area contributed by atoms with Crippen LogP contribution in [0.15, 0.2) is 50.6 Å². The van der Waals surface area contributed by atoms with Gasteiger partial charge in [0.15, 0.2) is 11.5 Å². The number of aliphatic imine (C=N–C) groups is 1. The molecule has 6 heteroatoms. The zero-order valence-electron chi connectivity index (χ0n) is 15.2. The van der Waals surface area contributed by atoms with Crippen LogP contribution in [-0.2, 0) is 21.5 Å². The summed E-state index contributed by atoms with van der Waals surface area (Å²) in [5.74, 6) is 1.28. The van der Waals surface area contributed by atoms with Crippen molar-refractivity contribution >= 4 is 27.8 Å². The van der Waals surface area contributed by atoms with E-state index in [1.54, 1.807) is 14.2 Å². The molecule has 1 heterocycles. The Hall–Kier alpha value is -2.08. The third-order valence-corrected chi connectivity index (χ3v) is 6.19. The SMILES string of the molecule is COC1=CC2=C(C(C)C1)C1(N=C(N)N(C)C1=O)c1cc(Br)ccc1CC2. The van der Waals surface area contributed by atoms with Crippen LogP contribution in [-0.4, -0.2) is 30.9 Å². The van der Waals surface area contributed by atoms with E-state index in [-0.39, 0.29) is 17.8 Å². The maximum atomic E-state index is 13.5. The maximum Gasteiger partial charge on any atom is 0.266 e. The van der Waals surface area contributed by atoms with Gasteiger partial charge in [-0.25, -0.2) is 4.99 Å². The fourth-order valence-corrected chi connectivity index (χ4v) is 4.86. The number of hydrogen-bond acceptors (Lipinski definition) is 4. The van der Waals surface area contributed by atoms with Crippen molar-refractivity contribution in [2.24, 2.45) is 16.6 Å². The van der Waals surface area contributed by atoms with Gasteiger partial charge in [-0.1, -0.05) is 28.9 Å². The molecule has 2 N–H and O–H groups in total. The molecule has 1 spiro atoms. The summed E-state index contributed by atoms with van der Waals surface area (Å²) in [5.41, 5.74) is 9.34. The number of allylic oxidation sites excluding steroid dienone is 3. The standard InChI is InChI=1S/C20H22BrN3O2/c1-11-8-15(26-3)9-13-5-4-12-6-7-14(21)10-16(12)20(17(11)13)18(25)24(2)19(22)23-20/h6-7,9-11H,4-5,8H2,1-3H3,(H2,22,23). The fraction of sp³-hybridized carbons (Fsp3) is 0.400. The summed E-state index contributed by atoms with van der Waals surface area (Å²) in [7, 11) is 3.40. The topological polar surface area (TPSA) is 67.9 Å². The zero-order valence-corrected chi connectivity index (χ0v) is 16.8. The Kier molecular flexibility index (Phi) is 3.99. The van der Waals surface area contributed by atoms with E-state index in [1.807, 2.05) is 12.1 Å². The van der Waals surface area contributed by atoms with Crippen LogP contribution in [0.1, 0.15) is 30.9 Å². The Morgan fingerprint density at radius 2 is 2.15 bits per heavy atom. The van der Waals surface area contributed by atoms with Gasteiger partial charge in [-0.3, -0.25) is 9.69 Å². The monoisotopic (exact) mass is 415 g/mol. The predicted molar refractivity (Wildman–Crippen MR) is 104 cm³/mol. The second-order valence-corrected chi connectivity index (χ2v) is 8.12. The molecule has 2 unspecified atom stereocenters. The molecule has 0 fully saturated rings. The van der Waals surface area contributed by atoms with Crippen LogP contribution in [0.2, 0.25) is 0 Å². The number of amides is 1. The summed E-state index contributed by atoms with van der Waals surface area (Å²) < 4.78 is 6.47. The maximum absolute atomic E-state index is 13.5. The van der Waals surface area contributed by atoms with Gasteiger partial charge in [-0.05, 0) is 59.2 Å². The summed E-state index contributed by atoms with van der Waals surface area (Å²) in [6.07, 6.45) is 4.56. The average molecular weight is 416 g/mol. The number of benzene rings is 1. The van der Waals surface area contributed by atoms with E-state index < -0.39 is 5.54 Å². The minimum Gasteiger partial charge on any atom is -0.501 e. The number of likely N-dealkylation sites (N-methyl/N-ethyl adjacent to an activating group) is 1. The first-order valence-electron chi connectivity index (χ1n) is 8.79. The molecule has 2 atom stereocenters. The summed E-state index contributed by atoms with van der Waals surface area (Å²) in [4.78, 5) is 19.8. The number of nitrogens with two attached hydrogens (primary N) is 1. The highest BCUT2D eigenvalue weighted by Crippen LogP contribution is 2.51. The van der Waals surface area contributed by atoms with Crippen molar-refractivity contribution < 1.29 is 9.53 Å². The number of carbonyl (C=O) groups is 1. The van der Waals surface area contributed by atoms with Crippen molar-refractivity contribution in [2.75, 3.05) is 14.2 Å². The number of fused-ring (bicyclic) bond motifs is 3. The van der Waals surface area contributed by atoms with Gasteiger partial charge in [-0.15, -0.1) is 0 Å². The average Bonchev–Trinajstić information content (AvgIpc) is 2.77.